The van der Waals surface area contributed by atoms with Crippen LogP contribution in [0.2, 0.25) is 0 Å². The molecular formula is C9H13NO2. The minimum atomic E-state index is -0.280. The van der Waals surface area contributed by atoms with E-state index in [0.717, 1.165) is 17.9 Å². The van der Waals surface area contributed by atoms with Crippen LogP contribution < -0.4 is 10.5 Å². The van der Waals surface area contributed by atoms with Gasteiger partial charge in [0.1, 0.15) is 5.76 Å². The van der Waals surface area contributed by atoms with Gasteiger partial charge in [-0.1, -0.05) is 6.92 Å². The van der Waals surface area contributed by atoms with E-state index in [0.29, 0.717) is 0 Å². The summed E-state index contributed by atoms with van der Waals surface area (Å²) >= 11 is 0. The molecule has 0 radical (unpaired) electrons. The van der Waals surface area contributed by atoms with Crippen LogP contribution in [0.4, 0.5) is 5.69 Å². The highest BCUT2D eigenvalue weighted by molar-refractivity contribution is 5.43. The molecule has 0 unspecified atom stereocenters. The van der Waals surface area contributed by atoms with E-state index < -0.39 is 0 Å². The van der Waals surface area contributed by atoms with E-state index >= 15 is 0 Å². The highest BCUT2D eigenvalue weighted by Gasteiger charge is 2.00. The second-order valence-corrected chi connectivity index (χ2v) is 2.85. The van der Waals surface area contributed by atoms with Gasteiger partial charge in [-0.3, -0.25) is 0 Å². The van der Waals surface area contributed by atoms with Crippen LogP contribution in [0.15, 0.2) is 21.3 Å². The normalized spacial score (nSPS) is 9.92. The summed E-state index contributed by atoms with van der Waals surface area (Å²) in [5, 5.41) is 0. The first-order valence-electron chi connectivity index (χ1n) is 3.95. The molecule has 3 nitrogen and oxygen atoms in total. The van der Waals surface area contributed by atoms with E-state index in [-0.39, 0.29) is 5.63 Å². The zero-order valence-corrected chi connectivity index (χ0v) is 7.63. The molecule has 0 amide bonds. The van der Waals surface area contributed by atoms with Crippen molar-refractivity contribution < 1.29 is 4.42 Å². The summed E-state index contributed by atoms with van der Waals surface area (Å²) in [5.41, 5.74) is 0.612. The van der Waals surface area contributed by atoms with Crippen molar-refractivity contribution in [1.82, 2.24) is 0 Å². The topological polar surface area (TPSA) is 33.5 Å². The molecule has 1 rings (SSSR count). The molecule has 12 heavy (non-hydrogen) atoms. The molecule has 0 N–H and O–H groups in total. The van der Waals surface area contributed by atoms with Crippen molar-refractivity contribution in [3.63, 3.8) is 0 Å². The molecular weight excluding hydrogens is 154 g/mol. The van der Waals surface area contributed by atoms with Crippen LogP contribution in [-0.2, 0) is 6.42 Å². The summed E-state index contributed by atoms with van der Waals surface area (Å²) < 4.78 is 4.94. The molecule has 0 aliphatic rings. The van der Waals surface area contributed by atoms with Crippen molar-refractivity contribution in [2.75, 3.05) is 19.0 Å². The van der Waals surface area contributed by atoms with Gasteiger partial charge in [0.05, 0.1) is 0 Å². The summed E-state index contributed by atoms with van der Waals surface area (Å²) in [5.74, 6) is 0.728. The first-order chi connectivity index (χ1) is 5.63. The fraction of sp³-hybridized carbons (Fsp3) is 0.444. The van der Waals surface area contributed by atoms with Crippen LogP contribution in [0.5, 0.6) is 0 Å². The molecule has 1 aromatic rings. The lowest BCUT2D eigenvalue weighted by molar-refractivity contribution is 0.465. The second-order valence-electron chi connectivity index (χ2n) is 2.85. The van der Waals surface area contributed by atoms with Crippen LogP contribution in [0.3, 0.4) is 0 Å². The number of anilines is 1. The number of rotatable bonds is 2. The second kappa shape index (κ2) is 3.43. The average molecular weight is 167 g/mol. The molecule has 0 atom stereocenters. The fourth-order valence-corrected chi connectivity index (χ4v) is 0.948. The summed E-state index contributed by atoms with van der Waals surface area (Å²) in [4.78, 5) is 12.9. The standard InChI is InChI=1S/C9H13NO2/c1-4-8-5-7(10(2)3)6-9(11)12-8/h5-6H,4H2,1-3H3. The molecule has 0 bridgehead atoms. The molecule has 1 heterocycles. The predicted octanol–water partition coefficient (Wildman–Crippen LogP) is 1.27. The monoisotopic (exact) mass is 167 g/mol. The maximum Gasteiger partial charge on any atom is 0.337 e. The van der Waals surface area contributed by atoms with Gasteiger partial charge >= 0.3 is 5.63 Å². The Morgan fingerprint density at radius 1 is 1.42 bits per heavy atom. The lowest BCUT2D eigenvalue weighted by atomic mass is 10.3. The highest BCUT2D eigenvalue weighted by Crippen LogP contribution is 2.10. The Labute approximate surface area is 71.6 Å². The van der Waals surface area contributed by atoms with Crippen LogP contribution in [0.1, 0.15) is 12.7 Å². The molecule has 1 aromatic heterocycles. The Morgan fingerprint density at radius 3 is 2.58 bits per heavy atom. The van der Waals surface area contributed by atoms with Crippen LogP contribution >= 0.6 is 0 Å². The molecule has 0 aliphatic carbocycles. The number of hydrogen-bond acceptors (Lipinski definition) is 3. The largest absolute Gasteiger partial charge is 0.428 e. The lowest BCUT2D eigenvalue weighted by Crippen LogP contribution is -2.12. The Bertz CT molecular complexity index is 315. The zero-order valence-electron chi connectivity index (χ0n) is 7.63. The van der Waals surface area contributed by atoms with E-state index in [1.54, 1.807) is 0 Å². The summed E-state index contributed by atoms with van der Waals surface area (Å²) in [6.07, 6.45) is 0.747. The van der Waals surface area contributed by atoms with Gasteiger partial charge in [-0.05, 0) is 0 Å². The summed E-state index contributed by atoms with van der Waals surface area (Å²) in [6.45, 7) is 1.96. The minimum Gasteiger partial charge on any atom is -0.428 e. The maximum atomic E-state index is 11.0. The van der Waals surface area contributed by atoms with Crippen molar-refractivity contribution in [3.8, 4) is 0 Å². The molecule has 3 heteroatoms. The van der Waals surface area contributed by atoms with Crippen molar-refractivity contribution in [1.29, 1.82) is 0 Å². The molecule has 66 valence electrons. The van der Waals surface area contributed by atoms with Crippen molar-refractivity contribution in [2.45, 2.75) is 13.3 Å². The lowest BCUT2D eigenvalue weighted by Gasteiger charge is -2.11. The Kier molecular flexibility index (Phi) is 2.53. The third-order valence-electron chi connectivity index (χ3n) is 1.67. The smallest absolute Gasteiger partial charge is 0.337 e. The van der Waals surface area contributed by atoms with Gasteiger partial charge in [0, 0.05) is 38.3 Å². The van der Waals surface area contributed by atoms with Gasteiger partial charge in [-0.25, -0.2) is 4.79 Å². The van der Waals surface area contributed by atoms with Gasteiger partial charge in [0.25, 0.3) is 0 Å². The molecule has 0 spiro atoms. The Balaban J connectivity index is 3.15. The van der Waals surface area contributed by atoms with Gasteiger partial charge < -0.3 is 9.32 Å². The van der Waals surface area contributed by atoms with Gasteiger partial charge in [0.2, 0.25) is 0 Å². The van der Waals surface area contributed by atoms with Crippen LogP contribution in [-0.4, -0.2) is 14.1 Å². The van der Waals surface area contributed by atoms with Crippen molar-refractivity contribution in [2.24, 2.45) is 0 Å². The van der Waals surface area contributed by atoms with E-state index in [1.165, 1.54) is 6.07 Å². The molecule has 0 saturated carbocycles. The highest BCUT2D eigenvalue weighted by atomic mass is 16.4. The molecule has 0 fully saturated rings. The Morgan fingerprint density at radius 2 is 2.08 bits per heavy atom. The molecule has 0 aliphatic heterocycles. The van der Waals surface area contributed by atoms with Gasteiger partial charge in [-0.15, -0.1) is 0 Å². The fourth-order valence-electron chi connectivity index (χ4n) is 0.948. The summed E-state index contributed by atoms with van der Waals surface area (Å²) in [7, 11) is 3.79. The van der Waals surface area contributed by atoms with E-state index in [2.05, 4.69) is 0 Å². The SMILES string of the molecule is CCc1cc(N(C)C)cc(=O)o1. The van der Waals surface area contributed by atoms with Crippen molar-refractivity contribution >= 4 is 5.69 Å². The number of hydrogen-bond donors (Lipinski definition) is 0. The van der Waals surface area contributed by atoms with E-state index in [4.69, 9.17) is 4.42 Å². The van der Waals surface area contributed by atoms with Gasteiger partial charge in [0.15, 0.2) is 0 Å². The quantitative estimate of drug-likeness (QED) is 0.665. The number of aryl methyl sites for hydroxylation is 1. The predicted molar refractivity (Wildman–Crippen MR) is 48.7 cm³/mol. The number of nitrogens with zero attached hydrogens (tertiary/aromatic N) is 1. The summed E-state index contributed by atoms with van der Waals surface area (Å²) in [6, 6.07) is 3.36. The molecule has 0 aromatic carbocycles. The van der Waals surface area contributed by atoms with Crippen LogP contribution in [0, 0.1) is 0 Å². The molecule has 0 saturated heterocycles. The zero-order chi connectivity index (χ0) is 9.14. The average Bonchev–Trinajstić information content (AvgIpc) is 2.03. The third-order valence-corrected chi connectivity index (χ3v) is 1.67. The first kappa shape index (κ1) is 8.84. The van der Waals surface area contributed by atoms with E-state index in [1.807, 2.05) is 32.0 Å². The van der Waals surface area contributed by atoms with E-state index in [9.17, 15) is 4.79 Å². The maximum absolute atomic E-state index is 11.0. The van der Waals surface area contributed by atoms with Gasteiger partial charge in [-0.2, -0.15) is 0 Å². The van der Waals surface area contributed by atoms with Crippen molar-refractivity contribution in [3.05, 3.63) is 28.3 Å². The Hall–Kier alpha value is -1.25. The third kappa shape index (κ3) is 1.87. The minimum absolute atomic E-state index is 0.280. The first-order valence-corrected chi connectivity index (χ1v) is 3.95. The van der Waals surface area contributed by atoms with Crippen LogP contribution in [0.25, 0.3) is 0 Å².